The molecule has 0 N–H and O–H groups in total. The summed E-state index contributed by atoms with van der Waals surface area (Å²) >= 11 is 0. The standard InChI is InChI=1S/C41H23N5O2S/c42-20-25-5-12-39-35(15-25)32-3-1-2-4-38(32)45(39)30-10-8-28-23-49(47,48)24-29-9-11-31(19-34(29)33(28)18-30)46-40-13-6-26(21-43)16-36(40)37-17-27(22-44)7-14-41(37)46/h1-19H,23-24H2. The summed E-state index contributed by atoms with van der Waals surface area (Å²) in [4.78, 5) is 0. The van der Waals surface area contributed by atoms with Crippen LogP contribution in [0.5, 0.6) is 0 Å². The number of sulfone groups is 1. The van der Waals surface area contributed by atoms with Crippen LogP contribution >= 0.6 is 0 Å². The molecule has 0 spiro atoms. The maximum absolute atomic E-state index is 13.4. The van der Waals surface area contributed by atoms with E-state index >= 15 is 0 Å². The molecule has 0 unspecified atom stereocenters. The van der Waals surface area contributed by atoms with Gasteiger partial charge >= 0.3 is 0 Å². The van der Waals surface area contributed by atoms with Gasteiger partial charge in [-0.05, 0) is 107 Å². The summed E-state index contributed by atoms with van der Waals surface area (Å²) in [5, 5.41) is 32.6. The molecule has 2 aromatic heterocycles. The van der Waals surface area contributed by atoms with E-state index in [1.54, 1.807) is 12.1 Å². The number of benzene rings is 6. The average molecular weight is 650 g/mol. The van der Waals surface area contributed by atoms with Crippen LogP contribution in [0, 0.1) is 34.0 Å². The smallest absolute Gasteiger partial charge is 0.158 e. The predicted molar refractivity (Wildman–Crippen MR) is 191 cm³/mol. The molecule has 9 rings (SSSR count). The van der Waals surface area contributed by atoms with Gasteiger partial charge in [-0.1, -0.05) is 30.3 Å². The molecule has 0 aliphatic carbocycles. The number of hydrogen-bond acceptors (Lipinski definition) is 5. The quantitative estimate of drug-likeness (QED) is 0.186. The minimum absolute atomic E-state index is 0.0748. The first-order valence-corrected chi connectivity index (χ1v) is 17.5. The third-order valence-electron chi connectivity index (χ3n) is 9.57. The van der Waals surface area contributed by atoms with Gasteiger partial charge in [-0.2, -0.15) is 15.8 Å². The first-order valence-electron chi connectivity index (χ1n) is 15.6. The highest BCUT2D eigenvalue weighted by atomic mass is 32.2. The van der Waals surface area contributed by atoms with E-state index in [4.69, 9.17) is 0 Å². The van der Waals surface area contributed by atoms with Crippen molar-refractivity contribution in [3.8, 4) is 40.7 Å². The van der Waals surface area contributed by atoms with Crippen molar-refractivity contribution in [2.45, 2.75) is 11.5 Å². The van der Waals surface area contributed by atoms with Gasteiger partial charge in [0.25, 0.3) is 0 Å². The van der Waals surface area contributed by atoms with Crippen molar-refractivity contribution in [3.05, 3.63) is 143 Å². The van der Waals surface area contributed by atoms with E-state index < -0.39 is 9.84 Å². The maximum Gasteiger partial charge on any atom is 0.158 e. The molecule has 230 valence electrons. The summed E-state index contributed by atoms with van der Waals surface area (Å²) in [6, 6.07) is 43.5. The van der Waals surface area contributed by atoms with Crippen LogP contribution in [0.15, 0.2) is 115 Å². The Bertz CT molecular complexity index is 2930. The molecule has 0 saturated heterocycles. The molecule has 0 saturated carbocycles. The van der Waals surface area contributed by atoms with Gasteiger partial charge in [-0.15, -0.1) is 0 Å². The number of nitrogens with zero attached hydrogens (tertiary/aromatic N) is 5. The molecule has 1 aliphatic rings. The Hall–Kier alpha value is -6.66. The molecular formula is C41H23N5O2S. The fraction of sp³-hybridized carbons (Fsp3) is 0.0488. The summed E-state index contributed by atoms with van der Waals surface area (Å²) in [6.07, 6.45) is 0. The van der Waals surface area contributed by atoms with Crippen LogP contribution < -0.4 is 0 Å². The first-order chi connectivity index (χ1) is 23.9. The van der Waals surface area contributed by atoms with E-state index in [9.17, 15) is 24.2 Å². The third-order valence-corrected chi connectivity index (χ3v) is 11.1. The molecule has 0 bridgehead atoms. The fourth-order valence-electron chi connectivity index (χ4n) is 7.45. The Morgan fingerprint density at radius 1 is 0.469 bits per heavy atom. The van der Waals surface area contributed by atoms with Gasteiger partial charge < -0.3 is 9.13 Å². The molecule has 1 aliphatic heterocycles. The third kappa shape index (κ3) is 4.35. The number of aromatic nitrogens is 2. The Kier molecular flexibility index (Phi) is 6.07. The van der Waals surface area contributed by atoms with Crippen molar-refractivity contribution >= 4 is 53.4 Å². The Labute approximate surface area is 281 Å². The molecule has 8 aromatic rings. The van der Waals surface area contributed by atoms with E-state index in [0.717, 1.165) is 77.2 Å². The Balaban J connectivity index is 1.31. The SMILES string of the molecule is N#Cc1ccc2c(c1)c1ccccc1n2-c1ccc2c(c1)-c1cc(-n3c4ccc(C#N)cc4c4cc(C#N)ccc43)ccc1CS(=O)(=O)C2. The molecule has 7 nitrogen and oxygen atoms in total. The molecule has 8 heteroatoms. The number of hydrogen-bond donors (Lipinski definition) is 0. The van der Waals surface area contributed by atoms with Crippen molar-refractivity contribution in [2.24, 2.45) is 0 Å². The number of rotatable bonds is 2. The Morgan fingerprint density at radius 3 is 1.33 bits per heavy atom. The van der Waals surface area contributed by atoms with Crippen molar-refractivity contribution in [2.75, 3.05) is 0 Å². The lowest BCUT2D eigenvalue weighted by atomic mass is 9.95. The zero-order valence-electron chi connectivity index (χ0n) is 25.8. The summed E-state index contributed by atoms with van der Waals surface area (Å²) in [5.74, 6) is -0.155. The molecule has 3 heterocycles. The molecule has 0 amide bonds. The number of fused-ring (bicyclic) bond motifs is 9. The molecular weight excluding hydrogens is 627 g/mol. The molecule has 49 heavy (non-hydrogen) atoms. The van der Waals surface area contributed by atoms with E-state index in [2.05, 4.69) is 51.6 Å². The van der Waals surface area contributed by atoms with Gasteiger partial charge in [0.15, 0.2) is 9.84 Å². The highest BCUT2D eigenvalue weighted by Crippen LogP contribution is 2.41. The van der Waals surface area contributed by atoms with E-state index in [0.29, 0.717) is 16.7 Å². The predicted octanol–water partition coefficient (Wildman–Crippen LogP) is 8.59. The second kappa shape index (κ2) is 10.4. The summed E-state index contributed by atoms with van der Waals surface area (Å²) in [6.45, 7) is 0. The van der Waals surface area contributed by atoms with Gasteiger partial charge in [-0.25, -0.2) is 8.42 Å². The zero-order chi connectivity index (χ0) is 33.4. The average Bonchev–Trinajstić information content (AvgIpc) is 3.59. The second-order valence-corrected chi connectivity index (χ2v) is 14.5. The molecule has 0 fully saturated rings. The fourth-order valence-corrected chi connectivity index (χ4v) is 9.00. The maximum atomic E-state index is 13.4. The normalized spacial score (nSPS) is 13.4. The minimum Gasteiger partial charge on any atom is -0.309 e. The lowest BCUT2D eigenvalue weighted by Gasteiger charge is -2.16. The summed E-state index contributed by atoms with van der Waals surface area (Å²) < 4.78 is 31.1. The number of nitriles is 3. The van der Waals surface area contributed by atoms with E-state index in [1.807, 2.05) is 78.9 Å². The van der Waals surface area contributed by atoms with Crippen molar-refractivity contribution < 1.29 is 8.42 Å². The van der Waals surface area contributed by atoms with Crippen LogP contribution in [0.1, 0.15) is 27.8 Å². The van der Waals surface area contributed by atoms with Crippen LogP contribution in [0.3, 0.4) is 0 Å². The number of para-hydroxylation sites is 1. The summed E-state index contributed by atoms with van der Waals surface area (Å²) in [7, 11) is -3.45. The van der Waals surface area contributed by atoms with Crippen LogP contribution in [0.25, 0.3) is 66.1 Å². The second-order valence-electron chi connectivity index (χ2n) is 12.4. The summed E-state index contributed by atoms with van der Waals surface area (Å²) in [5.41, 5.74) is 10.2. The van der Waals surface area contributed by atoms with Gasteiger partial charge in [0, 0.05) is 32.9 Å². The first kappa shape index (κ1) is 28.6. The monoisotopic (exact) mass is 649 g/mol. The van der Waals surface area contributed by atoms with Gasteiger partial charge in [0.1, 0.15) is 0 Å². The zero-order valence-corrected chi connectivity index (χ0v) is 26.7. The lowest BCUT2D eigenvalue weighted by Crippen LogP contribution is -2.05. The van der Waals surface area contributed by atoms with E-state index in [-0.39, 0.29) is 11.5 Å². The molecule has 6 aromatic carbocycles. The van der Waals surface area contributed by atoms with Crippen LogP contribution in [-0.2, 0) is 21.3 Å². The highest BCUT2D eigenvalue weighted by Gasteiger charge is 2.26. The van der Waals surface area contributed by atoms with Crippen molar-refractivity contribution in [1.29, 1.82) is 15.8 Å². The van der Waals surface area contributed by atoms with Gasteiger partial charge in [0.05, 0.1) is 68.5 Å². The molecule has 0 atom stereocenters. The lowest BCUT2D eigenvalue weighted by molar-refractivity contribution is 0.595. The Morgan fingerprint density at radius 2 is 0.878 bits per heavy atom. The van der Waals surface area contributed by atoms with Gasteiger partial charge in [0.2, 0.25) is 0 Å². The van der Waals surface area contributed by atoms with Crippen LogP contribution in [0.2, 0.25) is 0 Å². The van der Waals surface area contributed by atoms with Crippen LogP contribution in [-0.4, -0.2) is 17.6 Å². The largest absolute Gasteiger partial charge is 0.309 e. The van der Waals surface area contributed by atoms with Crippen molar-refractivity contribution in [3.63, 3.8) is 0 Å². The molecule has 0 radical (unpaired) electrons. The van der Waals surface area contributed by atoms with Crippen LogP contribution in [0.4, 0.5) is 0 Å². The topological polar surface area (TPSA) is 115 Å². The van der Waals surface area contributed by atoms with Gasteiger partial charge in [-0.3, -0.25) is 0 Å². The van der Waals surface area contributed by atoms with Crippen molar-refractivity contribution in [1.82, 2.24) is 9.13 Å². The van der Waals surface area contributed by atoms with E-state index in [1.165, 1.54) is 0 Å². The minimum atomic E-state index is -3.45. The highest BCUT2D eigenvalue weighted by molar-refractivity contribution is 7.89.